The van der Waals surface area contributed by atoms with Crippen molar-refractivity contribution >= 4 is 45.9 Å². The van der Waals surface area contributed by atoms with Crippen LogP contribution in [0, 0.1) is 11.3 Å². The smallest absolute Gasteiger partial charge is 0.341 e. The second-order valence-corrected chi connectivity index (χ2v) is 9.59. The minimum Gasteiger partial charge on any atom is -0.462 e. The molecule has 0 spiro atoms. The highest BCUT2D eigenvalue weighted by molar-refractivity contribution is 7.17. The Morgan fingerprint density at radius 2 is 1.94 bits per heavy atom. The summed E-state index contributed by atoms with van der Waals surface area (Å²) in [6.07, 6.45) is 2.17. The maximum absolute atomic E-state index is 13.0. The molecule has 0 saturated carbocycles. The second-order valence-electron chi connectivity index (χ2n) is 8.05. The van der Waals surface area contributed by atoms with Crippen LogP contribution in [-0.2, 0) is 29.0 Å². The highest BCUT2D eigenvalue weighted by Gasteiger charge is 2.30. The maximum Gasteiger partial charge on any atom is 0.341 e. The number of hydrogen-bond acceptors (Lipinski definition) is 6. The van der Waals surface area contributed by atoms with Gasteiger partial charge in [0.05, 0.1) is 12.2 Å². The van der Waals surface area contributed by atoms with Gasteiger partial charge in [0.1, 0.15) is 16.6 Å². The third-order valence-electron chi connectivity index (χ3n) is 5.64. The Labute approximate surface area is 213 Å². The van der Waals surface area contributed by atoms with Crippen LogP contribution in [-0.4, -0.2) is 29.9 Å². The van der Waals surface area contributed by atoms with Crippen LogP contribution in [0.3, 0.4) is 0 Å². The van der Waals surface area contributed by atoms with E-state index >= 15 is 0 Å². The number of esters is 1. The second kappa shape index (κ2) is 11.3. The molecule has 178 valence electrons. The fourth-order valence-electron chi connectivity index (χ4n) is 3.98. The molecule has 4 rings (SSSR count). The summed E-state index contributed by atoms with van der Waals surface area (Å²) in [5, 5.41) is 13.4. The van der Waals surface area contributed by atoms with Crippen molar-refractivity contribution in [2.75, 3.05) is 18.5 Å². The molecule has 1 aromatic heterocycles. The number of nitrogens with zero attached hydrogens (tertiary/aromatic N) is 2. The van der Waals surface area contributed by atoms with Gasteiger partial charge in [0.25, 0.3) is 5.91 Å². The monoisotopic (exact) mass is 505 g/mol. The molecule has 0 unspecified atom stereocenters. The summed E-state index contributed by atoms with van der Waals surface area (Å²) in [4.78, 5) is 29.2. The van der Waals surface area contributed by atoms with Crippen molar-refractivity contribution < 1.29 is 14.3 Å². The van der Waals surface area contributed by atoms with E-state index in [1.54, 1.807) is 31.2 Å². The minimum atomic E-state index is -0.576. The quantitative estimate of drug-likeness (QED) is 0.254. The fourth-order valence-corrected chi connectivity index (χ4v) is 5.38. The number of halogens is 1. The largest absolute Gasteiger partial charge is 0.462 e. The molecule has 0 aliphatic carbocycles. The van der Waals surface area contributed by atoms with E-state index in [1.807, 2.05) is 24.3 Å². The molecule has 1 aliphatic rings. The molecular weight excluding hydrogens is 482 g/mol. The number of thiophene rings is 1. The number of carbonyl (C=O) groups excluding carboxylic acids is 2. The predicted molar refractivity (Wildman–Crippen MR) is 138 cm³/mol. The molecule has 1 aliphatic heterocycles. The average Bonchev–Trinajstić information content (AvgIpc) is 3.21. The van der Waals surface area contributed by atoms with Crippen LogP contribution in [0.5, 0.6) is 0 Å². The van der Waals surface area contributed by atoms with Gasteiger partial charge >= 0.3 is 5.97 Å². The lowest BCUT2D eigenvalue weighted by atomic mass is 10.0. The lowest BCUT2D eigenvalue weighted by Gasteiger charge is -2.27. The van der Waals surface area contributed by atoms with Crippen molar-refractivity contribution in [1.82, 2.24) is 4.90 Å². The van der Waals surface area contributed by atoms with E-state index in [2.05, 4.69) is 22.3 Å². The van der Waals surface area contributed by atoms with E-state index in [0.29, 0.717) is 34.1 Å². The number of benzene rings is 2. The van der Waals surface area contributed by atoms with Gasteiger partial charge in [0.15, 0.2) is 0 Å². The van der Waals surface area contributed by atoms with Gasteiger partial charge in [0.2, 0.25) is 0 Å². The molecule has 0 bridgehead atoms. The van der Waals surface area contributed by atoms with E-state index in [-0.39, 0.29) is 12.2 Å². The molecule has 2 aromatic carbocycles. The molecule has 6 nitrogen and oxygen atoms in total. The number of ether oxygens (including phenoxy) is 1. The predicted octanol–water partition coefficient (Wildman–Crippen LogP) is 5.68. The molecule has 0 atom stereocenters. The van der Waals surface area contributed by atoms with Gasteiger partial charge in [-0.3, -0.25) is 9.69 Å². The standard InChI is InChI=1S/C27H24ClN3O3S/c1-2-34-27(33)24-22-12-13-31(16-19-6-4-3-5-7-19)17-23(22)35-26(24)30-25(32)20(15-29)14-18-8-10-21(28)11-9-18/h3-11,14H,2,12-13,16-17H2,1H3,(H,30,32)/b20-14+. The summed E-state index contributed by atoms with van der Waals surface area (Å²) in [5.41, 5.74) is 3.13. The third-order valence-corrected chi connectivity index (χ3v) is 7.02. The van der Waals surface area contributed by atoms with Crippen LogP contribution < -0.4 is 5.32 Å². The SMILES string of the molecule is CCOC(=O)c1c(NC(=O)/C(C#N)=C/c2ccc(Cl)cc2)sc2c1CCN(Cc1ccccc1)C2. The number of hydrogen-bond donors (Lipinski definition) is 1. The van der Waals surface area contributed by atoms with E-state index < -0.39 is 11.9 Å². The Morgan fingerprint density at radius 1 is 1.20 bits per heavy atom. The van der Waals surface area contributed by atoms with Gasteiger partial charge in [-0.05, 0) is 48.2 Å². The summed E-state index contributed by atoms with van der Waals surface area (Å²) < 4.78 is 5.30. The molecule has 8 heteroatoms. The van der Waals surface area contributed by atoms with Crippen LogP contribution in [0.2, 0.25) is 5.02 Å². The summed E-state index contributed by atoms with van der Waals surface area (Å²) in [6, 6.07) is 19.0. The summed E-state index contributed by atoms with van der Waals surface area (Å²) in [7, 11) is 0. The number of amides is 1. The Hall–Kier alpha value is -3.44. The van der Waals surface area contributed by atoms with Crippen LogP contribution in [0.1, 0.15) is 38.8 Å². The zero-order chi connectivity index (χ0) is 24.8. The van der Waals surface area contributed by atoms with Crippen molar-refractivity contribution in [2.24, 2.45) is 0 Å². The van der Waals surface area contributed by atoms with Gasteiger partial charge in [0, 0.05) is 29.5 Å². The Morgan fingerprint density at radius 3 is 2.63 bits per heavy atom. The molecule has 0 saturated heterocycles. The number of rotatable bonds is 7. The van der Waals surface area contributed by atoms with Gasteiger partial charge in [-0.1, -0.05) is 54.1 Å². The molecule has 35 heavy (non-hydrogen) atoms. The maximum atomic E-state index is 13.0. The zero-order valence-corrected chi connectivity index (χ0v) is 20.8. The zero-order valence-electron chi connectivity index (χ0n) is 19.2. The molecule has 1 N–H and O–H groups in total. The first-order valence-electron chi connectivity index (χ1n) is 11.2. The normalized spacial score (nSPS) is 13.6. The van der Waals surface area contributed by atoms with Gasteiger partial charge in [-0.15, -0.1) is 11.3 Å². The van der Waals surface area contributed by atoms with Crippen LogP contribution in [0.15, 0.2) is 60.2 Å². The number of carbonyl (C=O) groups is 2. The van der Waals surface area contributed by atoms with Crippen molar-refractivity contribution in [1.29, 1.82) is 5.26 Å². The van der Waals surface area contributed by atoms with Crippen molar-refractivity contribution in [3.05, 3.63) is 92.3 Å². The summed E-state index contributed by atoms with van der Waals surface area (Å²) in [6.45, 7) is 4.24. The number of nitrogens with one attached hydrogen (secondary N) is 1. The lowest BCUT2D eigenvalue weighted by molar-refractivity contribution is -0.112. The molecule has 0 radical (unpaired) electrons. The van der Waals surface area contributed by atoms with Crippen molar-refractivity contribution in [3.8, 4) is 6.07 Å². The summed E-state index contributed by atoms with van der Waals surface area (Å²) in [5.74, 6) is -1.04. The summed E-state index contributed by atoms with van der Waals surface area (Å²) >= 11 is 7.29. The minimum absolute atomic E-state index is 0.0702. The van der Waals surface area contributed by atoms with E-state index in [4.69, 9.17) is 16.3 Å². The van der Waals surface area contributed by atoms with Gasteiger partial charge < -0.3 is 10.1 Å². The lowest BCUT2D eigenvalue weighted by Crippen LogP contribution is -2.29. The number of fused-ring (bicyclic) bond motifs is 1. The van der Waals surface area contributed by atoms with Crippen molar-refractivity contribution in [2.45, 2.75) is 26.4 Å². The Balaban J connectivity index is 1.59. The van der Waals surface area contributed by atoms with Crippen LogP contribution >= 0.6 is 22.9 Å². The Bertz CT molecular complexity index is 1290. The van der Waals surface area contributed by atoms with Crippen LogP contribution in [0.4, 0.5) is 5.00 Å². The van der Waals surface area contributed by atoms with E-state index in [9.17, 15) is 14.9 Å². The van der Waals surface area contributed by atoms with Gasteiger partial charge in [-0.2, -0.15) is 5.26 Å². The Kier molecular flexibility index (Phi) is 7.98. The van der Waals surface area contributed by atoms with E-state index in [0.717, 1.165) is 23.5 Å². The highest BCUT2D eigenvalue weighted by atomic mass is 35.5. The van der Waals surface area contributed by atoms with Crippen molar-refractivity contribution in [3.63, 3.8) is 0 Å². The van der Waals surface area contributed by atoms with E-state index in [1.165, 1.54) is 23.0 Å². The first kappa shape index (κ1) is 24.7. The molecular formula is C27H24ClN3O3S. The number of anilines is 1. The number of nitriles is 1. The fraction of sp³-hybridized carbons (Fsp3) is 0.222. The van der Waals surface area contributed by atoms with Crippen LogP contribution in [0.25, 0.3) is 6.08 Å². The van der Waals surface area contributed by atoms with Gasteiger partial charge in [-0.25, -0.2) is 4.79 Å². The first-order valence-corrected chi connectivity index (χ1v) is 12.4. The average molecular weight is 506 g/mol. The third kappa shape index (κ3) is 5.98. The first-order chi connectivity index (χ1) is 17.0. The molecule has 3 aromatic rings. The molecule has 0 fully saturated rings. The highest BCUT2D eigenvalue weighted by Crippen LogP contribution is 2.38. The topological polar surface area (TPSA) is 82.4 Å². The molecule has 1 amide bonds. The molecule has 2 heterocycles.